The van der Waals surface area contributed by atoms with Crippen LogP contribution in [-0.2, 0) is 0 Å². The van der Waals surface area contributed by atoms with Crippen LogP contribution in [0.25, 0.3) is 10.8 Å². The van der Waals surface area contributed by atoms with E-state index in [9.17, 15) is 5.11 Å². The molecule has 1 fully saturated rings. The number of piperidine rings is 1. The summed E-state index contributed by atoms with van der Waals surface area (Å²) in [5, 5.41) is 11.7. The Hall–Kier alpha value is -1.74. The number of nitrogens with zero attached hydrogens (tertiary/aromatic N) is 1. The topological polar surface area (TPSA) is 32.7 Å². The Morgan fingerprint density at radius 1 is 1.14 bits per heavy atom. The fourth-order valence-corrected chi connectivity index (χ4v) is 3.12. The predicted molar refractivity (Wildman–Crippen MR) is 86.0 cm³/mol. The first-order valence-electron chi connectivity index (χ1n) is 7.78. The number of likely N-dealkylation sites (tertiary alicyclic amines) is 1. The lowest BCUT2D eigenvalue weighted by Crippen LogP contribution is -2.37. The second-order valence-corrected chi connectivity index (χ2v) is 5.96. The number of hydrogen-bond acceptors (Lipinski definition) is 3. The molecule has 1 atom stereocenters. The van der Waals surface area contributed by atoms with E-state index in [0.29, 0.717) is 11.8 Å². The van der Waals surface area contributed by atoms with Crippen LogP contribution < -0.4 is 4.74 Å². The van der Waals surface area contributed by atoms with Crippen molar-refractivity contribution in [2.75, 3.05) is 20.2 Å². The van der Waals surface area contributed by atoms with Crippen molar-refractivity contribution in [2.24, 2.45) is 0 Å². The first kappa shape index (κ1) is 14.2. The molecular weight excluding hydrogens is 262 g/mol. The number of rotatable bonds is 4. The van der Waals surface area contributed by atoms with Crippen LogP contribution in [-0.4, -0.2) is 36.2 Å². The van der Waals surface area contributed by atoms with Crippen LogP contribution in [0.3, 0.4) is 0 Å². The van der Waals surface area contributed by atoms with Crippen LogP contribution in [0.4, 0.5) is 0 Å². The third-order valence-corrected chi connectivity index (χ3v) is 4.44. The summed E-state index contributed by atoms with van der Waals surface area (Å²) in [6.07, 6.45) is 5.02. The lowest BCUT2D eigenvalue weighted by atomic mass is 10.0. The van der Waals surface area contributed by atoms with Gasteiger partial charge in [-0.15, -0.1) is 0 Å². The van der Waals surface area contributed by atoms with E-state index in [1.54, 1.807) is 12.1 Å². The minimum atomic E-state index is 0.295. The zero-order chi connectivity index (χ0) is 14.7. The monoisotopic (exact) mass is 285 g/mol. The van der Waals surface area contributed by atoms with Crippen molar-refractivity contribution < 1.29 is 9.84 Å². The Bertz CT molecular complexity index is 611. The van der Waals surface area contributed by atoms with Gasteiger partial charge in [-0.05, 0) is 67.9 Å². The molecule has 1 unspecified atom stereocenters. The van der Waals surface area contributed by atoms with Crippen molar-refractivity contribution in [3.63, 3.8) is 0 Å². The third kappa shape index (κ3) is 3.48. The first-order chi connectivity index (χ1) is 10.2. The van der Waals surface area contributed by atoms with Gasteiger partial charge in [-0.2, -0.15) is 0 Å². The van der Waals surface area contributed by atoms with Gasteiger partial charge in [0.15, 0.2) is 0 Å². The van der Waals surface area contributed by atoms with Crippen molar-refractivity contribution in [3.05, 3.63) is 36.4 Å². The molecule has 112 valence electrons. The number of fused-ring (bicyclic) bond motifs is 1. The second kappa shape index (κ2) is 6.35. The highest BCUT2D eigenvalue weighted by atomic mass is 16.5. The molecule has 1 heterocycles. The van der Waals surface area contributed by atoms with E-state index in [2.05, 4.69) is 11.9 Å². The molecule has 3 rings (SSSR count). The summed E-state index contributed by atoms with van der Waals surface area (Å²) in [5.41, 5.74) is 0. The van der Waals surface area contributed by atoms with Gasteiger partial charge in [0.05, 0.1) is 6.61 Å². The number of ether oxygens (including phenoxy) is 1. The molecule has 0 aliphatic carbocycles. The van der Waals surface area contributed by atoms with Gasteiger partial charge in [0.2, 0.25) is 0 Å². The fourth-order valence-electron chi connectivity index (χ4n) is 3.12. The van der Waals surface area contributed by atoms with Crippen molar-refractivity contribution >= 4 is 10.8 Å². The molecule has 0 spiro atoms. The summed E-state index contributed by atoms with van der Waals surface area (Å²) in [6.45, 7) is 1.96. The summed E-state index contributed by atoms with van der Waals surface area (Å²) in [4.78, 5) is 2.45. The van der Waals surface area contributed by atoms with E-state index in [1.165, 1.54) is 25.8 Å². The van der Waals surface area contributed by atoms with E-state index >= 15 is 0 Å². The molecule has 2 aromatic carbocycles. The lowest BCUT2D eigenvalue weighted by molar-refractivity contribution is 0.153. The zero-order valence-electron chi connectivity index (χ0n) is 12.6. The normalized spacial score (nSPS) is 19.8. The highest BCUT2D eigenvalue weighted by Crippen LogP contribution is 2.25. The lowest BCUT2D eigenvalue weighted by Gasteiger charge is -2.32. The molecule has 1 aliphatic rings. The molecule has 3 nitrogen and oxygen atoms in total. The Labute approximate surface area is 126 Å². The van der Waals surface area contributed by atoms with Crippen molar-refractivity contribution in [3.8, 4) is 11.5 Å². The van der Waals surface area contributed by atoms with E-state index < -0.39 is 0 Å². The molecule has 0 aromatic heterocycles. The van der Waals surface area contributed by atoms with Crippen LogP contribution in [0.5, 0.6) is 11.5 Å². The molecule has 3 heteroatoms. The minimum Gasteiger partial charge on any atom is -0.508 e. The Morgan fingerprint density at radius 2 is 2.00 bits per heavy atom. The van der Waals surface area contributed by atoms with Crippen molar-refractivity contribution in [1.82, 2.24) is 4.90 Å². The van der Waals surface area contributed by atoms with Gasteiger partial charge in [0.25, 0.3) is 0 Å². The Kier molecular flexibility index (Phi) is 4.30. The largest absolute Gasteiger partial charge is 0.508 e. The number of aromatic hydroxyl groups is 1. The second-order valence-electron chi connectivity index (χ2n) is 5.96. The number of hydrogen-bond donors (Lipinski definition) is 1. The molecule has 1 saturated heterocycles. The average Bonchev–Trinajstić information content (AvgIpc) is 2.49. The van der Waals surface area contributed by atoms with Gasteiger partial charge < -0.3 is 14.7 Å². The average molecular weight is 285 g/mol. The van der Waals surface area contributed by atoms with Gasteiger partial charge in [-0.3, -0.25) is 0 Å². The van der Waals surface area contributed by atoms with E-state index in [4.69, 9.17) is 4.74 Å². The van der Waals surface area contributed by atoms with E-state index in [-0.39, 0.29) is 0 Å². The van der Waals surface area contributed by atoms with Gasteiger partial charge >= 0.3 is 0 Å². The summed E-state index contributed by atoms with van der Waals surface area (Å²) in [7, 11) is 2.21. The Morgan fingerprint density at radius 3 is 2.86 bits per heavy atom. The third-order valence-electron chi connectivity index (χ3n) is 4.44. The molecule has 0 radical (unpaired) electrons. The Balaban J connectivity index is 1.60. The molecule has 0 saturated carbocycles. The SMILES string of the molecule is CN1CCCCC1CCOc1ccc2ccc(O)cc2c1. The maximum Gasteiger partial charge on any atom is 0.119 e. The van der Waals surface area contributed by atoms with Gasteiger partial charge in [0, 0.05) is 6.04 Å². The van der Waals surface area contributed by atoms with Crippen LogP contribution in [0.1, 0.15) is 25.7 Å². The molecule has 21 heavy (non-hydrogen) atoms. The van der Waals surface area contributed by atoms with Gasteiger partial charge in [-0.1, -0.05) is 18.6 Å². The fraction of sp³-hybridized carbons (Fsp3) is 0.444. The van der Waals surface area contributed by atoms with Crippen LogP contribution >= 0.6 is 0 Å². The molecule has 1 aliphatic heterocycles. The van der Waals surface area contributed by atoms with Gasteiger partial charge in [-0.25, -0.2) is 0 Å². The van der Waals surface area contributed by atoms with Crippen LogP contribution in [0.15, 0.2) is 36.4 Å². The van der Waals surface area contributed by atoms with Gasteiger partial charge in [0.1, 0.15) is 11.5 Å². The standard InChI is InChI=1S/C18H23NO2/c1-19-10-3-2-4-16(19)9-11-21-18-8-6-14-5-7-17(20)12-15(14)13-18/h5-8,12-13,16,20H,2-4,9-11H2,1H3. The molecule has 1 N–H and O–H groups in total. The van der Waals surface area contributed by atoms with Crippen molar-refractivity contribution in [2.45, 2.75) is 31.7 Å². The minimum absolute atomic E-state index is 0.295. The highest BCUT2D eigenvalue weighted by Gasteiger charge is 2.18. The summed E-state index contributed by atoms with van der Waals surface area (Å²) >= 11 is 0. The maximum atomic E-state index is 9.55. The maximum absolute atomic E-state index is 9.55. The summed E-state index contributed by atoms with van der Waals surface area (Å²) < 4.78 is 5.90. The van der Waals surface area contributed by atoms with E-state index in [0.717, 1.165) is 29.5 Å². The zero-order valence-corrected chi connectivity index (χ0v) is 12.6. The summed E-state index contributed by atoms with van der Waals surface area (Å²) in [6, 6.07) is 12.1. The van der Waals surface area contributed by atoms with Crippen LogP contribution in [0.2, 0.25) is 0 Å². The van der Waals surface area contributed by atoms with Crippen molar-refractivity contribution in [1.29, 1.82) is 0 Å². The number of phenols is 1. The quantitative estimate of drug-likeness (QED) is 0.927. The smallest absolute Gasteiger partial charge is 0.119 e. The molecule has 2 aromatic rings. The molecular formula is C18H23NO2. The predicted octanol–water partition coefficient (Wildman–Crippen LogP) is 3.80. The highest BCUT2D eigenvalue weighted by molar-refractivity contribution is 5.85. The number of phenolic OH excluding ortho intramolecular Hbond substituents is 1. The number of benzene rings is 2. The molecule has 0 bridgehead atoms. The van der Waals surface area contributed by atoms with Crippen LogP contribution in [0, 0.1) is 0 Å². The summed E-state index contributed by atoms with van der Waals surface area (Å²) in [5.74, 6) is 1.18. The van der Waals surface area contributed by atoms with E-state index in [1.807, 2.05) is 24.3 Å². The first-order valence-corrected chi connectivity index (χ1v) is 7.78. The molecule has 0 amide bonds.